The summed E-state index contributed by atoms with van der Waals surface area (Å²) in [5.74, 6) is 0. The van der Waals surface area contributed by atoms with Crippen molar-refractivity contribution in [3.8, 4) is 0 Å². The van der Waals surface area contributed by atoms with Gasteiger partial charge in [0.1, 0.15) is 0 Å². The van der Waals surface area contributed by atoms with Crippen LogP contribution in [0.3, 0.4) is 0 Å². The molecule has 0 heterocycles. The van der Waals surface area contributed by atoms with Crippen molar-refractivity contribution >= 4 is 29.1 Å². The molecule has 2 rings (SSSR count). The molecule has 0 bridgehead atoms. The third-order valence-electron chi connectivity index (χ3n) is 2.82. The first kappa shape index (κ1) is 12.0. The molecule has 80 valence electrons. The topological polar surface area (TPSA) is 3.24 Å². The van der Waals surface area contributed by atoms with Crippen LogP contribution in [0.2, 0.25) is 0 Å². The summed E-state index contributed by atoms with van der Waals surface area (Å²) in [4.78, 5) is 2.27. The second-order valence-corrected chi connectivity index (χ2v) is 4.02. The Balaban J connectivity index is 2.43. The van der Waals surface area contributed by atoms with E-state index < -0.39 is 0 Å². The first-order chi connectivity index (χ1) is 8.33. The van der Waals surface area contributed by atoms with Gasteiger partial charge in [0.05, 0.1) is 0 Å². The van der Waals surface area contributed by atoms with E-state index in [2.05, 4.69) is 77.7 Å². The van der Waals surface area contributed by atoms with Crippen molar-refractivity contribution in [2.75, 3.05) is 4.90 Å². The summed E-state index contributed by atoms with van der Waals surface area (Å²) in [6, 6.07) is 20.8. The Morgan fingerprint density at radius 3 is 1.65 bits per heavy atom. The van der Waals surface area contributed by atoms with Crippen molar-refractivity contribution in [2.45, 2.75) is 4.71 Å². The van der Waals surface area contributed by atoms with Gasteiger partial charge in [0.15, 0.2) is 0 Å². The van der Waals surface area contributed by atoms with Crippen LogP contribution in [0, 0.1) is 0 Å². The Kier molecular flexibility index (Phi) is 4.09. The molecule has 0 aliphatic carbocycles. The zero-order chi connectivity index (χ0) is 12.1. The summed E-state index contributed by atoms with van der Waals surface area (Å²) in [5.41, 5.74) is 2.37. The van der Waals surface area contributed by atoms with Crippen LogP contribution in [0.1, 0.15) is 0 Å². The van der Waals surface area contributed by atoms with Gasteiger partial charge in [-0.15, -0.1) is 0 Å². The zero-order valence-electron chi connectivity index (χ0n) is 10.1. The van der Waals surface area contributed by atoms with Gasteiger partial charge in [0, 0.05) is 0 Å². The second kappa shape index (κ2) is 5.77. The van der Waals surface area contributed by atoms with Gasteiger partial charge in [-0.2, -0.15) is 0 Å². The summed E-state index contributed by atoms with van der Waals surface area (Å²) in [7, 11) is 0. The summed E-state index contributed by atoms with van der Waals surface area (Å²) < 4.78 is 0.264. The molecule has 0 saturated heterocycles. The molecule has 0 aromatic heterocycles. The van der Waals surface area contributed by atoms with Crippen molar-refractivity contribution < 1.29 is 0 Å². The summed E-state index contributed by atoms with van der Waals surface area (Å²) >= 11 is 2.15. The normalized spacial score (nSPS) is 11.9. The number of hydrogen-bond donors (Lipinski definition) is 0. The third kappa shape index (κ3) is 2.82. The molecule has 2 aromatic rings. The van der Waals surface area contributed by atoms with E-state index in [4.69, 9.17) is 0 Å². The van der Waals surface area contributed by atoms with Gasteiger partial charge in [-0.3, -0.25) is 0 Å². The van der Waals surface area contributed by atoms with Gasteiger partial charge in [0.2, 0.25) is 0 Å². The van der Waals surface area contributed by atoms with Crippen LogP contribution >= 0.6 is 0 Å². The molecule has 17 heavy (non-hydrogen) atoms. The molecular formula is C15H14LiN. The zero-order valence-corrected chi connectivity index (χ0v) is 10.1. The monoisotopic (exact) mass is 215 g/mol. The number of para-hydroxylation sites is 2. The fourth-order valence-electron chi connectivity index (χ4n) is 1.90. The fourth-order valence-corrected chi connectivity index (χ4v) is 1.90. The molecule has 1 atom stereocenters. The van der Waals surface area contributed by atoms with E-state index in [1.54, 1.807) is 0 Å². The number of hydrogen-bond acceptors (Lipinski definition) is 1. The van der Waals surface area contributed by atoms with E-state index in [-0.39, 0.29) is 4.71 Å². The summed E-state index contributed by atoms with van der Waals surface area (Å²) in [6.07, 6.45) is 1.96. The minimum absolute atomic E-state index is 0.264. The van der Waals surface area contributed by atoms with E-state index in [1.165, 1.54) is 11.4 Å². The number of anilines is 2. The van der Waals surface area contributed by atoms with Crippen LogP contribution in [-0.4, -0.2) is 22.4 Å². The first-order valence-corrected chi connectivity index (χ1v) is 5.85. The fraction of sp³-hybridized carbons (Fsp3) is 0.0667. The maximum atomic E-state index is 3.89. The van der Waals surface area contributed by atoms with Gasteiger partial charge in [0.25, 0.3) is 0 Å². The van der Waals surface area contributed by atoms with Crippen molar-refractivity contribution in [3.05, 3.63) is 73.3 Å². The molecule has 1 unspecified atom stereocenters. The molecular weight excluding hydrogens is 201 g/mol. The first-order valence-electron chi connectivity index (χ1n) is 5.85. The predicted molar refractivity (Wildman–Crippen MR) is 74.8 cm³/mol. The third-order valence-corrected chi connectivity index (χ3v) is 2.82. The van der Waals surface area contributed by atoms with E-state index in [0.717, 1.165) is 0 Å². The SMILES string of the molecule is [Li][CH](C=C)N(c1ccccc1)c1ccccc1. The van der Waals surface area contributed by atoms with Crippen molar-refractivity contribution in [1.82, 2.24) is 0 Å². The van der Waals surface area contributed by atoms with Crippen LogP contribution in [0.4, 0.5) is 11.4 Å². The van der Waals surface area contributed by atoms with E-state index >= 15 is 0 Å². The Labute approximate surface area is 112 Å². The van der Waals surface area contributed by atoms with E-state index in [1.807, 2.05) is 18.2 Å². The molecule has 0 aliphatic heterocycles. The molecule has 0 spiro atoms. The summed E-state index contributed by atoms with van der Waals surface area (Å²) in [5, 5.41) is 0. The van der Waals surface area contributed by atoms with Crippen LogP contribution in [0.15, 0.2) is 73.3 Å². The molecule has 0 saturated carbocycles. The van der Waals surface area contributed by atoms with Crippen LogP contribution in [0.25, 0.3) is 0 Å². The van der Waals surface area contributed by atoms with Gasteiger partial charge in [-0.05, 0) is 0 Å². The number of benzene rings is 2. The molecule has 1 nitrogen and oxygen atoms in total. The molecule has 0 radical (unpaired) electrons. The maximum absolute atomic E-state index is 3.89. The Bertz CT molecular complexity index is 427. The van der Waals surface area contributed by atoms with Gasteiger partial charge in [-0.1, -0.05) is 0 Å². The average Bonchev–Trinajstić information content (AvgIpc) is 2.41. The Morgan fingerprint density at radius 1 is 0.882 bits per heavy atom. The van der Waals surface area contributed by atoms with Crippen molar-refractivity contribution in [2.24, 2.45) is 0 Å². The summed E-state index contributed by atoms with van der Waals surface area (Å²) in [6.45, 7) is 3.89. The number of nitrogens with zero attached hydrogens (tertiary/aromatic N) is 1. The molecule has 0 fully saturated rings. The van der Waals surface area contributed by atoms with Crippen molar-refractivity contribution in [1.29, 1.82) is 0 Å². The predicted octanol–water partition coefficient (Wildman–Crippen LogP) is 3.51. The molecule has 0 aliphatic rings. The standard InChI is InChI=1S/C15H14N.Li/c1-2-13-16(14-9-5-3-6-10-14)15-11-7-4-8-12-15;/h2-13H,1H2;. The molecule has 0 amide bonds. The minimum atomic E-state index is 0.264. The number of rotatable bonds is 4. The van der Waals surface area contributed by atoms with Gasteiger partial charge in [-0.25, -0.2) is 0 Å². The van der Waals surface area contributed by atoms with Crippen LogP contribution in [-0.2, 0) is 0 Å². The van der Waals surface area contributed by atoms with E-state index in [0.29, 0.717) is 0 Å². The Morgan fingerprint density at radius 2 is 1.29 bits per heavy atom. The molecule has 2 aromatic carbocycles. The quantitative estimate of drug-likeness (QED) is 0.557. The van der Waals surface area contributed by atoms with Crippen molar-refractivity contribution in [3.63, 3.8) is 0 Å². The molecule has 2 heteroatoms. The Hall–Kier alpha value is -1.42. The van der Waals surface area contributed by atoms with Crippen LogP contribution in [0.5, 0.6) is 0 Å². The van der Waals surface area contributed by atoms with E-state index in [9.17, 15) is 0 Å². The van der Waals surface area contributed by atoms with Gasteiger partial charge >= 0.3 is 112 Å². The van der Waals surface area contributed by atoms with Gasteiger partial charge < -0.3 is 0 Å². The van der Waals surface area contributed by atoms with Crippen LogP contribution < -0.4 is 4.90 Å². The second-order valence-electron chi connectivity index (χ2n) is 4.02. The molecule has 0 N–H and O–H groups in total. The average molecular weight is 215 g/mol.